The maximum Gasteiger partial charge on any atom is 0.394 e. The highest BCUT2D eigenvalue weighted by Gasteiger charge is 2.49. The maximum absolute atomic E-state index is 14.4. The summed E-state index contributed by atoms with van der Waals surface area (Å²) in [6.07, 6.45) is -3.33. The fraction of sp³-hybridized carbons (Fsp3) is 0.500. The molecule has 4 rings (SSSR count). The number of methoxy groups -OCH3 is 1. The summed E-state index contributed by atoms with van der Waals surface area (Å²) >= 11 is 1.24. The van der Waals surface area contributed by atoms with E-state index in [1.54, 1.807) is 36.3 Å². The number of anilines is 1. The van der Waals surface area contributed by atoms with Gasteiger partial charge >= 0.3 is 6.18 Å². The van der Waals surface area contributed by atoms with Gasteiger partial charge in [0.05, 0.1) is 23.8 Å². The summed E-state index contributed by atoms with van der Waals surface area (Å²) in [7, 11) is 1.63. The largest absolute Gasteiger partial charge is 0.475 e. The van der Waals surface area contributed by atoms with E-state index in [4.69, 9.17) is 14.5 Å². The predicted molar refractivity (Wildman–Crippen MR) is 176 cm³/mol. The van der Waals surface area contributed by atoms with Gasteiger partial charge in [-0.15, -0.1) is 0 Å². The lowest BCUT2D eigenvalue weighted by molar-refractivity contribution is -0.218. The Morgan fingerprint density at radius 1 is 1.09 bits per heavy atom. The molecule has 0 fully saturated rings. The Hall–Kier alpha value is -3.35. The summed E-state index contributed by atoms with van der Waals surface area (Å²) in [4.78, 5) is 28.0. The van der Waals surface area contributed by atoms with Crippen molar-refractivity contribution in [3.8, 4) is 17.1 Å². The van der Waals surface area contributed by atoms with Crippen LogP contribution in [0.25, 0.3) is 11.3 Å². The van der Waals surface area contributed by atoms with E-state index in [0.717, 1.165) is 34.4 Å². The molecule has 0 saturated heterocycles. The van der Waals surface area contributed by atoms with Gasteiger partial charge in [-0.25, -0.2) is 4.98 Å². The second-order valence-corrected chi connectivity index (χ2v) is 13.2. The molecule has 0 radical (unpaired) electrons. The van der Waals surface area contributed by atoms with E-state index in [-0.39, 0.29) is 37.4 Å². The van der Waals surface area contributed by atoms with Crippen LogP contribution in [-0.2, 0) is 4.74 Å². The Kier molecular flexibility index (Phi) is 12.0. The van der Waals surface area contributed by atoms with Crippen LogP contribution in [0.1, 0.15) is 61.5 Å². The lowest BCUT2D eigenvalue weighted by atomic mass is 9.84. The van der Waals surface area contributed by atoms with E-state index in [1.807, 2.05) is 45.0 Å². The molecule has 0 spiro atoms. The molecule has 46 heavy (non-hydrogen) atoms. The first-order valence-electron chi connectivity index (χ1n) is 15.5. The number of aromatic nitrogens is 2. The molecule has 0 unspecified atom stereocenters. The number of carbonyl (C=O) groups excluding carboxylic acids is 1. The zero-order valence-corrected chi connectivity index (χ0v) is 28.2. The third kappa shape index (κ3) is 8.92. The third-order valence-corrected chi connectivity index (χ3v) is 8.91. The smallest absolute Gasteiger partial charge is 0.394 e. The standard InChI is InChI=1S/C34H44F3N5O3S/c1-7-15-41(16-10-17-44-6)22-42-26(20-33(4,5)34(35,36)37)21-45-29-19-28(30-23(2)11-8-12-24(30)3)38-32(39-29)40-46-27-14-9-13-25(18-27)31(42)43/h8-9,11-14,18-19,26H,7,10,15-17,20-22H2,1-6H3,(H,38,39,40)/t26-/m1/s1. The summed E-state index contributed by atoms with van der Waals surface area (Å²) in [5.74, 6) is 0.122. The van der Waals surface area contributed by atoms with Crippen LogP contribution in [0.15, 0.2) is 53.4 Å². The van der Waals surface area contributed by atoms with Crippen LogP contribution in [0.3, 0.4) is 0 Å². The molecule has 1 atom stereocenters. The first kappa shape index (κ1) is 35.5. The molecule has 0 aliphatic carbocycles. The number of hydrogen-bond acceptors (Lipinski definition) is 8. The second kappa shape index (κ2) is 15.5. The molecular weight excluding hydrogens is 615 g/mol. The van der Waals surface area contributed by atoms with E-state index in [0.29, 0.717) is 31.0 Å². The number of amides is 1. The highest BCUT2D eigenvalue weighted by Crippen LogP contribution is 2.42. The maximum atomic E-state index is 14.4. The van der Waals surface area contributed by atoms with E-state index in [2.05, 4.69) is 14.6 Å². The van der Waals surface area contributed by atoms with Crippen LogP contribution < -0.4 is 9.46 Å². The zero-order chi connectivity index (χ0) is 33.5. The average Bonchev–Trinajstić information content (AvgIpc) is 3.00. The molecule has 12 heteroatoms. The van der Waals surface area contributed by atoms with E-state index in [1.165, 1.54) is 25.8 Å². The lowest BCUT2D eigenvalue weighted by Crippen LogP contribution is -2.52. The quantitative estimate of drug-likeness (QED) is 0.165. The van der Waals surface area contributed by atoms with Gasteiger partial charge in [-0.2, -0.15) is 18.2 Å². The Morgan fingerprint density at radius 3 is 2.48 bits per heavy atom. The zero-order valence-electron chi connectivity index (χ0n) is 27.4. The van der Waals surface area contributed by atoms with Crippen molar-refractivity contribution in [2.24, 2.45) is 5.41 Å². The van der Waals surface area contributed by atoms with Crippen LogP contribution in [0, 0.1) is 19.3 Å². The summed E-state index contributed by atoms with van der Waals surface area (Å²) in [5.41, 5.74) is 1.85. The average molecular weight is 660 g/mol. The molecule has 3 aromatic rings. The van der Waals surface area contributed by atoms with Crippen molar-refractivity contribution >= 4 is 23.8 Å². The van der Waals surface area contributed by atoms with Gasteiger partial charge in [0.2, 0.25) is 11.8 Å². The highest BCUT2D eigenvalue weighted by atomic mass is 32.2. The number of alkyl halides is 3. The van der Waals surface area contributed by atoms with E-state index < -0.39 is 17.6 Å². The molecule has 8 nitrogen and oxygen atoms in total. The third-order valence-electron chi connectivity index (χ3n) is 8.13. The predicted octanol–water partition coefficient (Wildman–Crippen LogP) is 7.77. The van der Waals surface area contributed by atoms with Gasteiger partial charge < -0.3 is 14.4 Å². The lowest BCUT2D eigenvalue weighted by Gasteiger charge is -2.40. The molecule has 1 N–H and O–H groups in total. The minimum Gasteiger partial charge on any atom is -0.475 e. The van der Waals surface area contributed by atoms with Crippen LogP contribution in [0.4, 0.5) is 19.1 Å². The summed E-state index contributed by atoms with van der Waals surface area (Å²) in [6.45, 7) is 10.1. The summed E-state index contributed by atoms with van der Waals surface area (Å²) < 4.78 is 57.8. The van der Waals surface area contributed by atoms with Crippen LogP contribution in [-0.4, -0.2) is 78.0 Å². The molecule has 2 aromatic carbocycles. The minimum atomic E-state index is -4.50. The molecule has 4 bridgehead atoms. The first-order chi connectivity index (χ1) is 21.8. The number of rotatable bonds is 11. The van der Waals surface area contributed by atoms with Crippen LogP contribution in [0.2, 0.25) is 0 Å². The normalized spacial score (nSPS) is 15.9. The molecule has 250 valence electrons. The molecule has 1 aromatic heterocycles. The number of ether oxygens (including phenoxy) is 2. The van der Waals surface area contributed by atoms with Gasteiger partial charge in [0.1, 0.15) is 6.61 Å². The monoisotopic (exact) mass is 659 g/mol. The van der Waals surface area contributed by atoms with Crippen molar-refractivity contribution < 1.29 is 27.4 Å². The number of fused-ring (bicyclic) bond motifs is 4. The van der Waals surface area contributed by atoms with Gasteiger partial charge in [0, 0.05) is 42.4 Å². The molecule has 1 aliphatic rings. The Morgan fingerprint density at radius 2 is 1.80 bits per heavy atom. The van der Waals surface area contributed by atoms with Crippen molar-refractivity contribution in [3.05, 3.63) is 65.2 Å². The van der Waals surface area contributed by atoms with Crippen molar-refractivity contribution in [1.82, 2.24) is 19.8 Å². The topological polar surface area (TPSA) is 79.8 Å². The molecule has 2 heterocycles. The Labute approximate surface area is 274 Å². The first-order valence-corrected chi connectivity index (χ1v) is 16.3. The number of benzene rings is 2. The second-order valence-electron chi connectivity index (χ2n) is 12.3. The van der Waals surface area contributed by atoms with Crippen molar-refractivity contribution in [2.75, 3.05) is 44.8 Å². The number of carbonyl (C=O) groups is 1. The number of nitrogens with zero attached hydrogens (tertiary/aromatic N) is 4. The molecule has 1 amide bonds. The fourth-order valence-corrected chi connectivity index (χ4v) is 6.20. The number of aryl methyl sites for hydroxylation is 2. The van der Waals surface area contributed by atoms with Gasteiger partial charge in [-0.05, 0) is 80.9 Å². The van der Waals surface area contributed by atoms with E-state index >= 15 is 0 Å². The molecular formula is C34H44F3N5O3S. The van der Waals surface area contributed by atoms with Gasteiger partial charge in [-0.1, -0.05) is 45.0 Å². The van der Waals surface area contributed by atoms with Crippen LogP contribution in [0.5, 0.6) is 5.88 Å². The van der Waals surface area contributed by atoms with Gasteiger partial charge in [0.25, 0.3) is 5.91 Å². The SMILES string of the molecule is CCCN(CCCOC)CN1C(=O)c2cccc(c2)SNc2nc(cc(-c3c(C)cccc3C)n2)OC[C@H]1CC(C)(C)C(F)(F)F. The van der Waals surface area contributed by atoms with Crippen LogP contribution >= 0.6 is 11.9 Å². The molecule has 0 saturated carbocycles. The Bertz CT molecular complexity index is 1470. The van der Waals surface area contributed by atoms with E-state index in [9.17, 15) is 18.0 Å². The minimum absolute atomic E-state index is 0.136. The Balaban J connectivity index is 1.83. The van der Waals surface area contributed by atoms with Gasteiger partial charge in [0.15, 0.2) is 0 Å². The highest BCUT2D eigenvalue weighted by molar-refractivity contribution is 8.00. The summed E-state index contributed by atoms with van der Waals surface area (Å²) in [6, 6.07) is 13.8. The van der Waals surface area contributed by atoms with Gasteiger partial charge in [-0.3, -0.25) is 14.4 Å². The number of nitrogens with one attached hydrogen (secondary N) is 1. The number of halogens is 3. The van der Waals surface area contributed by atoms with Crippen molar-refractivity contribution in [3.63, 3.8) is 0 Å². The molecule has 1 aliphatic heterocycles. The summed E-state index contributed by atoms with van der Waals surface area (Å²) in [5, 5.41) is 0. The fourth-order valence-electron chi connectivity index (χ4n) is 5.56. The van der Waals surface area contributed by atoms with Crippen molar-refractivity contribution in [1.29, 1.82) is 0 Å². The number of hydrogen-bond donors (Lipinski definition) is 1. The van der Waals surface area contributed by atoms with Crippen molar-refractivity contribution in [2.45, 2.75) is 71.0 Å².